The van der Waals surface area contributed by atoms with Gasteiger partial charge in [-0.15, -0.1) is 0 Å². The summed E-state index contributed by atoms with van der Waals surface area (Å²) in [5, 5.41) is 7.64. The molecule has 1 heterocycles. The molecule has 1 aromatic heterocycles. The van der Waals surface area contributed by atoms with Crippen molar-refractivity contribution >= 4 is 11.6 Å². The number of hydrogen-bond donors (Lipinski definition) is 1. The molecule has 1 amide bonds. The second-order valence-electron chi connectivity index (χ2n) is 8.09. The molecule has 0 radical (unpaired) electrons. The predicted octanol–water partition coefficient (Wildman–Crippen LogP) is 6.30. The van der Waals surface area contributed by atoms with Gasteiger partial charge in [-0.2, -0.15) is 5.10 Å². The molecule has 0 aliphatic carbocycles. The van der Waals surface area contributed by atoms with Gasteiger partial charge in [0.1, 0.15) is 11.6 Å². The number of anilines is 1. The third-order valence-electron chi connectivity index (χ3n) is 5.32. The summed E-state index contributed by atoms with van der Waals surface area (Å²) in [6.45, 7) is 5.90. The molecule has 0 saturated heterocycles. The van der Waals surface area contributed by atoms with Crippen LogP contribution in [0.2, 0.25) is 0 Å². The third-order valence-corrected chi connectivity index (χ3v) is 5.32. The van der Waals surface area contributed by atoms with Crippen LogP contribution in [0.15, 0.2) is 72.8 Å². The molecular formula is C27H26FN3O2. The lowest BCUT2D eigenvalue weighted by Crippen LogP contribution is -2.12. The number of carbonyl (C=O) groups excluding carboxylic acids is 1. The molecule has 4 aromatic rings. The number of nitrogens with one attached hydrogen (secondary N) is 1. The molecule has 0 aliphatic heterocycles. The lowest BCUT2D eigenvalue weighted by atomic mass is 10.1. The van der Waals surface area contributed by atoms with Gasteiger partial charge in [-0.3, -0.25) is 4.79 Å². The van der Waals surface area contributed by atoms with E-state index >= 15 is 0 Å². The first-order valence-corrected chi connectivity index (χ1v) is 10.8. The number of nitrogens with zero attached hydrogens (tertiary/aromatic N) is 2. The molecule has 0 atom stereocenters. The fourth-order valence-corrected chi connectivity index (χ4v) is 3.66. The number of aromatic nitrogens is 2. The van der Waals surface area contributed by atoms with Crippen LogP contribution < -0.4 is 10.1 Å². The van der Waals surface area contributed by atoms with E-state index in [1.165, 1.54) is 12.1 Å². The minimum absolute atomic E-state index is 0.0870. The zero-order valence-corrected chi connectivity index (χ0v) is 18.9. The SMILES string of the molecule is Cc1cccc(NC(=O)CCc2c(C)nn(-c3cccc(C)c3)c2Oc2ccc(F)cc2)c1. The Kier molecular flexibility index (Phi) is 6.54. The van der Waals surface area contributed by atoms with Crippen molar-refractivity contribution in [2.24, 2.45) is 0 Å². The standard InChI is InChI=1S/C27H26FN3O2/c1-18-6-4-8-22(16-18)29-26(32)15-14-25-20(3)30-31(23-9-5-7-19(2)17-23)27(25)33-24-12-10-21(28)11-13-24/h4-13,16-17H,14-15H2,1-3H3,(H,29,32). The normalized spacial score (nSPS) is 10.8. The van der Waals surface area contributed by atoms with Gasteiger partial charge in [0.25, 0.3) is 0 Å². The molecule has 0 aliphatic rings. The maximum Gasteiger partial charge on any atom is 0.226 e. The summed E-state index contributed by atoms with van der Waals surface area (Å²) < 4.78 is 21.3. The highest BCUT2D eigenvalue weighted by Gasteiger charge is 2.20. The van der Waals surface area contributed by atoms with Gasteiger partial charge in [0.2, 0.25) is 11.8 Å². The van der Waals surface area contributed by atoms with Crippen molar-refractivity contribution in [3.8, 4) is 17.3 Å². The van der Waals surface area contributed by atoms with E-state index < -0.39 is 0 Å². The lowest BCUT2D eigenvalue weighted by Gasteiger charge is -2.12. The topological polar surface area (TPSA) is 56.2 Å². The minimum atomic E-state index is -0.334. The van der Waals surface area contributed by atoms with Crippen LogP contribution in [-0.4, -0.2) is 15.7 Å². The van der Waals surface area contributed by atoms with Gasteiger partial charge in [-0.25, -0.2) is 9.07 Å². The van der Waals surface area contributed by atoms with Crippen molar-refractivity contribution < 1.29 is 13.9 Å². The molecule has 0 saturated carbocycles. The van der Waals surface area contributed by atoms with E-state index in [-0.39, 0.29) is 18.1 Å². The first kappa shape index (κ1) is 22.3. The Balaban J connectivity index is 1.62. The Labute approximate surface area is 192 Å². The zero-order valence-electron chi connectivity index (χ0n) is 18.9. The van der Waals surface area contributed by atoms with Crippen LogP contribution >= 0.6 is 0 Å². The molecule has 4 rings (SSSR count). The summed E-state index contributed by atoms with van der Waals surface area (Å²) >= 11 is 0. The van der Waals surface area contributed by atoms with Crippen molar-refractivity contribution in [2.75, 3.05) is 5.32 Å². The number of hydrogen-bond acceptors (Lipinski definition) is 3. The summed E-state index contributed by atoms with van der Waals surface area (Å²) in [5.41, 5.74) is 5.41. The summed E-state index contributed by atoms with van der Waals surface area (Å²) in [4.78, 5) is 12.6. The van der Waals surface area contributed by atoms with E-state index in [1.807, 2.05) is 69.3 Å². The Hall–Kier alpha value is -3.93. The molecule has 33 heavy (non-hydrogen) atoms. The van der Waals surface area contributed by atoms with Gasteiger partial charge in [0.05, 0.1) is 11.4 Å². The molecule has 0 unspecified atom stereocenters. The average Bonchev–Trinajstić information content (AvgIpc) is 3.09. The van der Waals surface area contributed by atoms with E-state index in [0.29, 0.717) is 18.1 Å². The number of halogens is 1. The average molecular weight is 444 g/mol. The van der Waals surface area contributed by atoms with Gasteiger partial charge in [-0.05, 0) is 86.8 Å². The summed E-state index contributed by atoms with van der Waals surface area (Å²) in [6.07, 6.45) is 0.722. The first-order chi connectivity index (χ1) is 15.9. The molecule has 1 N–H and O–H groups in total. The zero-order chi connectivity index (χ0) is 23.4. The van der Waals surface area contributed by atoms with E-state index in [9.17, 15) is 9.18 Å². The monoisotopic (exact) mass is 443 g/mol. The number of benzene rings is 3. The summed E-state index contributed by atoms with van der Waals surface area (Å²) in [5.74, 6) is 0.596. The number of rotatable bonds is 7. The smallest absolute Gasteiger partial charge is 0.226 e. The van der Waals surface area contributed by atoms with Gasteiger partial charge in [-0.1, -0.05) is 24.3 Å². The van der Waals surface area contributed by atoms with Crippen molar-refractivity contribution in [3.63, 3.8) is 0 Å². The molecule has 0 spiro atoms. The molecule has 3 aromatic carbocycles. The third kappa shape index (κ3) is 5.47. The van der Waals surface area contributed by atoms with E-state index in [2.05, 4.69) is 5.32 Å². The predicted molar refractivity (Wildman–Crippen MR) is 128 cm³/mol. The Morgan fingerprint density at radius 2 is 1.67 bits per heavy atom. The number of ether oxygens (including phenoxy) is 1. The van der Waals surface area contributed by atoms with Crippen LogP contribution in [0.5, 0.6) is 11.6 Å². The molecule has 6 heteroatoms. The Bertz CT molecular complexity index is 1280. The summed E-state index contributed by atoms with van der Waals surface area (Å²) in [7, 11) is 0. The van der Waals surface area contributed by atoms with Gasteiger partial charge < -0.3 is 10.1 Å². The van der Waals surface area contributed by atoms with E-state index in [0.717, 1.165) is 33.8 Å². The summed E-state index contributed by atoms with van der Waals surface area (Å²) in [6, 6.07) is 21.5. The highest BCUT2D eigenvalue weighted by molar-refractivity contribution is 5.90. The van der Waals surface area contributed by atoms with Crippen LogP contribution in [0.1, 0.15) is 28.8 Å². The van der Waals surface area contributed by atoms with Crippen molar-refractivity contribution in [2.45, 2.75) is 33.6 Å². The largest absolute Gasteiger partial charge is 0.439 e. The minimum Gasteiger partial charge on any atom is -0.439 e. The van der Waals surface area contributed by atoms with E-state index in [4.69, 9.17) is 9.84 Å². The molecule has 0 bridgehead atoms. The van der Waals surface area contributed by atoms with Crippen LogP contribution in [0.4, 0.5) is 10.1 Å². The molecular weight excluding hydrogens is 417 g/mol. The van der Waals surface area contributed by atoms with Crippen LogP contribution in [-0.2, 0) is 11.2 Å². The van der Waals surface area contributed by atoms with Crippen LogP contribution in [0, 0.1) is 26.6 Å². The van der Waals surface area contributed by atoms with Crippen molar-refractivity contribution in [1.82, 2.24) is 9.78 Å². The fraction of sp³-hybridized carbons (Fsp3) is 0.185. The van der Waals surface area contributed by atoms with E-state index in [1.54, 1.807) is 16.8 Å². The first-order valence-electron chi connectivity index (χ1n) is 10.8. The number of aryl methyl sites for hydroxylation is 3. The van der Waals surface area contributed by atoms with Gasteiger partial charge in [0.15, 0.2) is 0 Å². The molecule has 0 fully saturated rings. The van der Waals surface area contributed by atoms with Crippen LogP contribution in [0.3, 0.4) is 0 Å². The Morgan fingerprint density at radius 1 is 0.970 bits per heavy atom. The van der Waals surface area contributed by atoms with Crippen molar-refractivity contribution in [3.05, 3.63) is 101 Å². The fourth-order valence-electron chi connectivity index (χ4n) is 3.66. The quantitative estimate of drug-likeness (QED) is 0.365. The van der Waals surface area contributed by atoms with Crippen molar-refractivity contribution in [1.29, 1.82) is 0 Å². The highest BCUT2D eigenvalue weighted by atomic mass is 19.1. The molecule has 5 nitrogen and oxygen atoms in total. The van der Waals surface area contributed by atoms with Gasteiger partial charge >= 0.3 is 0 Å². The highest BCUT2D eigenvalue weighted by Crippen LogP contribution is 2.32. The molecule has 168 valence electrons. The number of amides is 1. The maximum atomic E-state index is 13.4. The van der Waals surface area contributed by atoms with Crippen LogP contribution in [0.25, 0.3) is 5.69 Å². The second kappa shape index (κ2) is 9.69. The second-order valence-corrected chi connectivity index (χ2v) is 8.09. The lowest BCUT2D eigenvalue weighted by molar-refractivity contribution is -0.116. The Morgan fingerprint density at radius 3 is 2.36 bits per heavy atom. The maximum absolute atomic E-state index is 13.4. The number of carbonyl (C=O) groups is 1. The van der Waals surface area contributed by atoms with Gasteiger partial charge in [0, 0.05) is 17.7 Å².